The van der Waals surface area contributed by atoms with Gasteiger partial charge in [0.2, 0.25) is 0 Å². The Morgan fingerprint density at radius 2 is 1.40 bits per heavy atom. The molecule has 4 aromatic carbocycles. The van der Waals surface area contributed by atoms with E-state index in [2.05, 4.69) is 95.3 Å². The number of alkyl halides is 6. The maximum absolute atomic E-state index is 11.7. The molecule has 17 heteroatoms. The van der Waals surface area contributed by atoms with E-state index in [4.69, 9.17) is 19.8 Å². The molecule has 284 valence electrons. The van der Waals surface area contributed by atoms with Gasteiger partial charge >= 0.3 is 29.2 Å². The maximum Gasteiger partial charge on any atom is 0.490 e. The van der Waals surface area contributed by atoms with Crippen LogP contribution in [-0.4, -0.2) is 62.8 Å². The van der Waals surface area contributed by atoms with Gasteiger partial charge in [0.1, 0.15) is 11.3 Å². The van der Waals surface area contributed by atoms with Gasteiger partial charge in [-0.2, -0.15) is 26.3 Å². The number of aromatic amines is 1. The average Bonchev–Trinajstić information content (AvgIpc) is 3.52. The summed E-state index contributed by atoms with van der Waals surface area (Å²) >= 11 is 0.998. The number of carboxylic acid groups (broad SMARTS) is 2. The number of phenolic OH excluding ortho intramolecular Hbond substituents is 1. The van der Waals surface area contributed by atoms with E-state index in [1.54, 1.807) is 6.07 Å². The summed E-state index contributed by atoms with van der Waals surface area (Å²) in [4.78, 5) is 31.9. The smallest absolute Gasteiger partial charge is 0.490 e. The lowest BCUT2D eigenvalue weighted by atomic mass is 9.97. The molecular weight excluding hydrogens is 732 g/mol. The second-order valence-electron chi connectivity index (χ2n) is 11.3. The highest BCUT2D eigenvalue weighted by molar-refractivity contribution is 7.16. The summed E-state index contributed by atoms with van der Waals surface area (Å²) in [6.45, 7) is 4.03. The number of phenols is 1. The fourth-order valence-corrected chi connectivity index (χ4v) is 5.73. The van der Waals surface area contributed by atoms with Crippen molar-refractivity contribution < 1.29 is 56.4 Å². The zero-order valence-electron chi connectivity index (χ0n) is 27.8. The first-order valence-corrected chi connectivity index (χ1v) is 16.5. The Bertz CT molecular complexity index is 1980. The van der Waals surface area contributed by atoms with Crippen molar-refractivity contribution in [2.24, 2.45) is 0 Å². The largest absolute Gasteiger partial charge is 0.506 e. The number of aromatic hydroxyl groups is 1. The number of rotatable bonds is 11. The molecule has 0 spiro atoms. The summed E-state index contributed by atoms with van der Waals surface area (Å²) in [5.41, 5.74) is 7.18. The highest BCUT2D eigenvalue weighted by Gasteiger charge is 2.38. The fraction of sp³-hybridized carbons (Fsp3) is 0.250. The molecule has 0 bridgehead atoms. The molecule has 5 rings (SSSR count). The molecule has 0 fully saturated rings. The number of carbonyl (C=O) groups is 2. The van der Waals surface area contributed by atoms with Crippen LogP contribution < -0.4 is 15.5 Å². The molecule has 0 saturated carbocycles. The molecule has 2 atom stereocenters. The van der Waals surface area contributed by atoms with Crippen molar-refractivity contribution in [3.05, 3.63) is 123 Å². The number of aliphatic carboxylic acids is 2. The van der Waals surface area contributed by atoms with Gasteiger partial charge in [-0.05, 0) is 53.8 Å². The second-order valence-corrected chi connectivity index (χ2v) is 12.3. The number of aliphatic hydroxyl groups is 1. The van der Waals surface area contributed by atoms with Crippen LogP contribution in [0.25, 0.3) is 21.3 Å². The highest BCUT2D eigenvalue weighted by atomic mass is 32.1. The first-order valence-electron chi connectivity index (χ1n) is 15.7. The zero-order chi connectivity index (χ0) is 39.3. The van der Waals surface area contributed by atoms with Crippen LogP contribution in [0.5, 0.6) is 5.75 Å². The molecule has 0 radical (unpaired) electrons. The topological polar surface area (TPSA) is 172 Å². The molecule has 0 aliphatic heterocycles. The van der Waals surface area contributed by atoms with Crippen molar-refractivity contribution in [1.82, 2.24) is 15.6 Å². The lowest BCUT2D eigenvalue weighted by molar-refractivity contribution is -0.193. The Labute approximate surface area is 302 Å². The van der Waals surface area contributed by atoms with E-state index in [0.29, 0.717) is 28.9 Å². The molecule has 0 aliphatic carbocycles. The van der Waals surface area contributed by atoms with Crippen LogP contribution in [0.2, 0.25) is 0 Å². The number of H-pyrrole nitrogens is 1. The maximum atomic E-state index is 11.7. The van der Waals surface area contributed by atoms with Crippen molar-refractivity contribution in [1.29, 1.82) is 0 Å². The van der Waals surface area contributed by atoms with Crippen molar-refractivity contribution in [2.75, 3.05) is 13.1 Å². The lowest BCUT2D eigenvalue weighted by Crippen LogP contribution is -2.23. The molecule has 0 saturated heterocycles. The van der Waals surface area contributed by atoms with Crippen molar-refractivity contribution >= 4 is 33.5 Å². The Morgan fingerprint density at radius 3 is 1.98 bits per heavy atom. The second kappa shape index (κ2) is 19.0. The van der Waals surface area contributed by atoms with Crippen LogP contribution in [0, 0.1) is 0 Å². The summed E-state index contributed by atoms with van der Waals surface area (Å²) in [5.74, 6) is -5.50. The van der Waals surface area contributed by atoms with Gasteiger partial charge in [0, 0.05) is 24.7 Å². The molecule has 0 aliphatic rings. The van der Waals surface area contributed by atoms with E-state index in [9.17, 15) is 41.4 Å². The molecule has 0 unspecified atom stereocenters. The van der Waals surface area contributed by atoms with Crippen LogP contribution in [0.3, 0.4) is 0 Å². The monoisotopic (exact) mass is 767 g/mol. The van der Waals surface area contributed by atoms with Crippen LogP contribution in [-0.2, 0) is 22.6 Å². The minimum absolute atomic E-state index is 0.0105. The van der Waals surface area contributed by atoms with Crippen molar-refractivity contribution in [3.8, 4) is 16.9 Å². The normalized spacial score (nSPS) is 12.5. The summed E-state index contributed by atoms with van der Waals surface area (Å²) in [7, 11) is 0. The zero-order valence-corrected chi connectivity index (χ0v) is 28.6. The van der Waals surface area contributed by atoms with E-state index in [-0.39, 0.29) is 16.7 Å². The van der Waals surface area contributed by atoms with Crippen LogP contribution in [0.4, 0.5) is 26.3 Å². The Hall–Kier alpha value is -5.23. The van der Waals surface area contributed by atoms with Gasteiger partial charge in [-0.1, -0.05) is 96.3 Å². The molecule has 1 aromatic heterocycles. The number of aromatic nitrogens is 1. The third kappa shape index (κ3) is 13.0. The minimum atomic E-state index is -5.08. The molecular formula is C36H35F6N3O7S. The average molecular weight is 768 g/mol. The van der Waals surface area contributed by atoms with Gasteiger partial charge in [0.15, 0.2) is 0 Å². The van der Waals surface area contributed by atoms with Crippen molar-refractivity contribution in [3.63, 3.8) is 0 Å². The minimum Gasteiger partial charge on any atom is -0.506 e. The molecule has 53 heavy (non-hydrogen) atoms. The van der Waals surface area contributed by atoms with Gasteiger partial charge in [0.05, 0.1) is 10.8 Å². The van der Waals surface area contributed by atoms with Crippen LogP contribution in [0.15, 0.2) is 95.8 Å². The molecule has 1 heterocycles. The highest BCUT2D eigenvalue weighted by Crippen LogP contribution is 2.31. The number of aliphatic hydroxyl groups excluding tert-OH is 1. The van der Waals surface area contributed by atoms with Gasteiger partial charge < -0.3 is 36.0 Å². The van der Waals surface area contributed by atoms with E-state index < -0.39 is 30.4 Å². The van der Waals surface area contributed by atoms with Crippen LogP contribution >= 0.6 is 11.3 Å². The lowest BCUT2D eigenvalue weighted by Gasteiger charge is -2.17. The van der Waals surface area contributed by atoms with Gasteiger partial charge in [-0.25, -0.2) is 9.59 Å². The number of carboxylic acids is 2. The summed E-state index contributed by atoms with van der Waals surface area (Å²) in [6, 6.07) is 31.1. The predicted octanol–water partition coefficient (Wildman–Crippen LogP) is 6.95. The number of fused-ring (bicyclic) bond motifs is 1. The quantitative estimate of drug-likeness (QED) is 0.0555. The van der Waals surface area contributed by atoms with Crippen molar-refractivity contribution in [2.45, 2.75) is 44.4 Å². The first kappa shape index (κ1) is 42.2. The first-order chi connectivity index (χ1) is 24.9. The number of hydrogen-bond donors (Lipinski definition) is 7. The molecule has 0 amide bonds. The number of benzene rings is 4. The molecule has 10 nitrogen and oxygen atoms in total. The Morgan fingerprint density at radius 1 is 0.830 bits per heavy atom. The summed E-state index contributed by atoms with van der Waals surface area (Å²) in [6.07, 6.45) is -10.1. The number of thiazole rings is 1. The van der Waals surface area contributed by atoms with E-state index >= 15 is 0 Å². The fourth-order valence-electron chi connectivity index (χ4n) is 4.81. The summed E-state index contributed by atoms with van der Waals surface area (Å²) in [5, 5.41) is 41.9. The van der Waals surface area contributed by atoms with Crippen LogP contribution in [0.1, 0.15) is 41.3 Å². The number of halogens is 6. The van der Waals surface area contributed by atoms with Gasteiger partial charge in [0.25, 0.3) is 0 Å². The Balaban J connectivity index is 0.000000458. The van der Waals surface area contributed by atoms with Gasteiger partial charge in [-0.3, -0.25) is 4.79 Å². The standard InChI is InChI=1S/C32H33N3O3S.2C2HF3O2/c1-21(23-7-3-2-4-8-23)34-19-25-9-5-6-10-26(25)24-13-11-22(12-14-24)17-18-33-20-29(37)27-15-16-28(36)30-31(27)39-32(38)35-30;2*3-2(4,5)1(6)7/h2-16,21,29,33-34,36-37H,17-20H2,1H3,(H,35,38);2*(H,6,7)/t21-,29+;;/m1../s1. The van der Waals surface area contributed by atoms with E-state index in [0.717, 1.165) is 24.3 Å². The summed E-state index contributed by atoms with van der Waals surface area (Å²) < 4.78 is 64.1. The predicted molar refractivity (Wildman–Crippen MR) is 187 cm³/mol. The molecule has 5 aromatic rings. The number of hydrogen-bond acceptors (Lipinski definition) is 8. The third-order valence-electron chi connectivity index (χ3n) is 7.54. The van der Waals surface area contributed by atoms with Gasteiger partial charge in [-0.15, -0.1) is 0 Å². The molecule has 7 N–H and O–H groups in total. The third-order valence-corrected chi connectivity index (χ3v) is 8.47. The Kier molecular flexibility index (Phi) is 15.1. The number of nitrogens with one attached hydrogen (secondary N) is 3. The van der Waals surface area contributed by atoms with E-state index in [1.807, 2.05) is 6.07 Å². The van der Waals surface area contributed by atoms with E-state index in [1.165, 1.54) is 33.9 Å². The SMILES string of the molecule is C[C@@H](NCc1ccccc1-c1ccc(CCNC[C@H](O)c2ccc(O)c3[nH]c(=O)sc23)cc1)c1ccccc1.O=C(O)C(F)(F)F.O=C(O)C(F)(F)F.